The summed E-state index contributed by atoms with van der Waals surface area (Å²) < 4.78 is 13.4. The first kappa shape index (κ1) is 14.2. The van der Waals surface area contributed by atoms with E-state index < -0.39 is 0 Å². The van der Waals surface area contributed by atoms with Gasteiger partial charge < -0.3 is 5.32 Å². The summed E-state index contributed by atoms with van der Waals surface area (Å²) in [5.74, 6) is -0.103. The Hall–Kier alpha value is -0.890. The van der Waals surface area contributed by atoms with Crippen LogP contribution in [0.5, 0.6) is 0 Å². The highest BCUT2D eigenvalue weighted by molar-refractivity contribution is 5.23. The molecule has 0 heterocycles. The first-order valence-electron chi connectivity index (χ1n) is 6.69. The molecule has 2 heteroatoms. The molecule has 17 heavy (non-hydrogen) atoms. The number of halogens is 1. The van der Waals surface area contributed by atoms with Gasteiger partial charge in [-0.05, 0) is 26.0 Å². The zero-order valence-corrected chi connectivity index (χ0v) is 11.1. The number of benzene rings is 1. The second-order valence-corrected chi connectivity index (χ2v) is 4.69. The second kappa shape index (κ2) is 8.24. The smallest absolute Gasteiger partial charge is 0.127 e. The second-order valence-electron chi connectivity index (χ2n) is 4.69. The normalized spacial score (nSPS) is 10.8. The fourth-order valence-corrected chi connectivity index (χ4v) is 1.92. The molecule has 0 atom stereocenters. The van der Waals surface area contributed by atoms with Gasteiger partial charge in [0, 0.05) is 12.1 Å². The minimum atomic E-state index is -0.103. The standard InChI is InChI=1S/C15H24FN/c1-3-4-5-6-7-10-17-12-14-11-13(2)8-9-15(14)16/h8-9,11,17H,3-7,10,12H2,1-2H3. The summed E-state index contributed by atoms with van der Waals surface area (Å²) in [4.78, 5) is 0. The largest absolute Gasteiger partial charge is 0.313 e. The lowest BCUT2D eigenvalue weighted by Gasteiger charge is -2.07. The molecule has 1 nitrogen and oxygen atoms in total. The Labute approximate surface area is 104 Å². The van der Waals surface area contributed by atoms with E-state index >= 15 is 0 Å². The Morgan fingerprint density at radius 2 is 1.88 bits per heavy atom. The van der Waals surface area contributed by atoms with Crippen molar-refractivity contribution in [2.24, 2.45) is 0 Å². The summed E-state index contributed by atoms with van der Waals surface area (Å²) in [5.41, 5.74) is 1.89. The molecule has 0 aromatic heterocycles. The Bertz CT molecular complexity index is 323. The number of hydrogen-bond acceptors (Lipinski definition) is 1. The molecule has 0 aliphatic carbocycles. The molecule has 1 aromatic rings. The SMILES string of the molecule is CCCCCCCNCc1cc(C)ccc1F. The van der Waals surface area contributed by atoms with Crippen LogP contribution in [0.25, 0.3) is 0 Å². The van der Waals surface area contributed by atoms with Crippen molar-refractivity contribution in [2.75, 3.05) is 6.54 Å². The van der Waals surface area contributed by atoms with E-state index in [9.17, 15) is 4.39 Å². The molecule has 0 saturated heterocycles. The van der Waals surface area contributed by atoms with E-state index in [1.165, 1.54) is 32.1 Å². The van der Waals surface area contributed by atoms with Gasteiger partial charge in [-0.15, -0.1) is 0 Å². The molecule has 1 aromatic carbocycles. The summed E-state index contributed by atoms with van der Waals surface area (Å²) in [5, 5.41) is 3.31. The van der Waals surface area contributed by atoms with Crippen molar-refractivity contribution in [3.05, 3.63) is 35.1 Å². The third-order valence-corrected chi connectivity index (χ3v) is 2.97. The van der Waals surface area contributed by atoms with E-state index in [4.69, 9.17) is 0 Å². The summed E-state index contributed by atoms with van der Waals surface area (Å²) in [6, 6.07) is 5.27. The van der Waals surface area contributed by atoms with Crippen LogP contribution < -0.4 is 5.32 Å². The van der Waals surface area contributed by atoms with Gasteiger partial charge in [0.05, 0.1) is 0 Å². The van der Waals surface area contributed by atoms with Crippen molar-refractivity contribution >= 4 is 0 Å². The predicted molar refractivity (Wildman–Crippen MR) is 71.6 cm³/mol. The molecule has 0 bridgehead atoms. The fourth-order valence-electron chi connectivity index (χ4n) is 1.92. The fraction of sp³-hybridized carbons (Fsp3) is 0.600. The van der Waals surface area contributed by atoms with Gasteiger partial charge in [0.2, 0.25) is 0 Å². The molecule has 0 spiro atoms. The van der Waals surface area contributed by atoms with Gasteiger partial charge >= 0.3 is 0 Å². The van der Waals surface area contributed by atoms with E-state index in [-0.39, 0.29) is 5.82 Å². The van der Waals surface area contributed by atoms with Crippen LogP contribution in [0.1, 0.15) is 50.2 Å². The molecule has 0 aliphatic heterocycles. The minimum Gasteiger partial charge on any atom is -0.313 e. The van der Waals surface area contributed by atoms with Gasteiger partial charge in [-0.1, -0.05) is 50.3 Å². The summed E-state index contributed by atoms with van der Waals surface area (Å²) in [6.07, 6.45) is 6.38. The van der Waals surface area contributed by atoms with Gasteiger partial charge in [-0.25, -0.2) is 4.39 Å². The van der Waals surface area contributed by atoms with Gasteiger partial charge in [0.1, 0.15) is 5.82 Å². The van der Waals surface area contributed by atoms with Gasteiger partial charge in [0.15, 0.2) is 0 Å². The number of unbranched alkanes of at least 4 members (excludes halogenated alkanes) is 4. The van der Waals surface area contributed by atoms with Gasteiger partial charge in [0.25, 0.3) is 0 Å². The van der Waals surface area contributed by atoms with E-state index in [0.29, 0.717) is 6.54 Å². The highest BCUT2D eigenvalue weighted by Gasteiger charge is 2.01. The summed E-state index contributed by atoms with van der Waals surface area (Å²) in [7, 11) is 0. The molecule has 96 valence electrons. The van der Waals surface area contributed by atoms with Crippen LogP contribution in [0, 0.1) is 12.7 Å². The maximum atomic E-state index is 13.4. The van der Waals surface area contributed by atoms with Crippen LogP contribution in [-0.4, -0.2) is 6.54 Å². The Balaban J connectivity index is 2.15. The molecule has 0 radical (unpaired) electrons. The number of rotatable bonds is 8. The maximum Gasteiger partial charge on any atom is 0.127 e. The molecule has 0 saturated carbocycles. The Morgan fingerprint density at radius 1 is 1.12 bits per heavy atom. The lowest BCUT2D eigenvalue weighted by Crippen LogP contribution is -2.15. The molecule has 1 rings (SSSR count). The Morgan fingerprint density at radius 3 is 2.65 bits per heavy atom. The molecule has 0 amide bonds. The van der Waals surface area contributed by atoms with Crippen molar-refractivity contribution in [3.63, 3.8) is 0 Å². The first-order chi connectivity index (χ1) is 8.24. The third kappa shape index (κ3) is 5.83. The van der Waals surface area contributed by atoms with Gasteiger partial charge in [-0.2, -0.15) is 0 Å². The summed E-state index contributed by atoms with van der Waals surface area (Å²) in [6.45, 7) is 5.84. The van der Waals surface area contributed by atoms with Crippen molar-refractivity contribution in [1.82, 2.24) is 5.32 Å². The summed E-state index contributed by atoms with van der Waals surface area (Å²) >= 11 is 0. The highest BCUT2D eigenvalue weighted by Crippen LogP contribution is 2.09. The minimum absolute atomic E-state index is 0.103. The van der Waals surface area contributed by atoms with Crippen LogP contribution in [0.15, 0.2) is 18.2 Å². The molecule has 0 fully saturated rings. The van der Waals surface area contributed by atoms with Crippen molar-refractivity contribution in [3.8, 4) is 0 Å². The molecule has 1 N–H and O–H groups in total. The van der Waals surface area contributed by atoms with Crippen LogP contribution in [0.4, 0.5) is 4.39 Å². The average Bonchev–Trinajstić information content (AvgIpc) is 2.32. The topological polar surface area (TPSA) is 12.0 Å². The first-order valence-corrected chi connectivity index (χ1v) is 6.69. The number of hydrogen-bond donors (Lipinski definition) is 1. The lowest BCUT2D eigenvalue weighted by molar-refractivity contribution is 0.561. The van der Waals surface area contributed by atoms with Crippen LogP contribution in [-0.2, 0) is 6.54 Å². The lowest BCUT2D eigenvalue weighted by atomic mass is 10.1. The monoisotopic (exact) mass is 237 g/mol. The quantitative estimate of drug-likeness (QED) is 0.668. The van der Waals surface area contributed by atoms with E-state index in [1.54, 1.807) is 6.07 Å². The zero-order chi connectivity index (χ0) is 12.5. The molecule has 0 unspecified atom stereocenters. The van der Waals surface area contributed by atoms with E-state index in [1.807, 2.05) is 19.1 Å². The average molecular weight is 237 g/mol. The third-order valence-electron chi connectivity index (χ3n) is 2.97. The highest BCUT2D eigenvalue weighted by atomic mass is 19.1. The number of nitrogens with one attached hydrogen (secondary N) is 1. The predicted octanol–water partition coefficient (Wildman–Crippen LogP) is 4.19. The zero-order valence-electron chi connectivity index (χ0n) is 11.1. The Kier molecular flexibility index (Phi) is 6.87. The van der Waals surface area contributed by atoms with Crippen molar-refractivity contribution in [1.29, 1.82) is 0 Å². The molecule has 0 aliphatic rings. The van der Waals surface area contributed by atoms with Crippen molar-refractivity contribution in [2.45, 2.75) is 52.5 Å². The van der Waals surface area contributed by atoms with E-state index in [2.05, 4.69) is 12.2 Å². The van der Waals surface area contributed by atoms with E-state index in [0.717, 1.165) is 17.7 Å². The van der Waals surface area contributed by atoms with Crippen LogP contribution in [0.3, 0.4) is 0 Å². The van der Waals surface area contributed by atoms with Crippen molar-refractivity contribution < 1.29 is 4.39 Å². The molecular weight excluding hydrogens is 213 g/mol. The van der Waals surface area contributed by atoms with Crippen LogP contribution >= 0.6 is 0 Å². The number of aryl methyl sites for hydroxylation is 1. The van der Waals surface area contributed by atoms with Crippen LogP contribution in [0.2, 0.25) is 0 Å². The molecular formula is C15H24FN. The van der Waals surface area contributed by atoms with Gasteiger partial charge in [-0.3, -0.25) is 0 Å². The maximum absolute atomic E-state index is 13.4.